The SMILES string of the molecule is c1ccc(-c2nc(-n3c4cc(-n5c6ccccc6c6cc7ccccc7cc65)ccc4c4cc5ccccc5cc43)nc3ccccc23)cc1. The second-order valence-corrected chi connectivity index (χ2v) is 13.1. The van der Waals surface area contributed by atoms with Gasteiger partial charge in [-0.15, -0.1) is 0 Å². The second kappa shape index (κ2) is 10.4. The van der Waals surface area contributed by atoms with Crippen LogP contribution in [-0.2, 0) is 0 Å². The maximum atomic E-state index is 5.37. The van der Waals surface area contributed by atoms with Gasteiger partial charge in [0.05, 0.1) is 33.3 Å². The van der Waals surface area contributed by atoms with Crippen LogP contribution in [0.3, 0.4) is 0 Å². The van der Waals surface area contributed by atoms with Crippen molar-refractivity contribution in [1.29, 1.82) is 0 Å². The molecule has 8 aromatic carbocycles. The number of aromatic nitrogens is 4. The quantitative estimate of drug-likeness (QED) is 0.193. The molecule has 0 saturated carbocycles. The van der Waals surface area contributed by atoms with E-state index in [-0.39, 0.29) is 0 Å². The molecule has 3 aromatic heterocycles. The molecule has 0 unspecified atom stereocenters. The Morgan fingerprint density at radius 2 is 0.880 bits per heavy atom. The van der Waals surface area contributed by atoms with Crippen molar-refractivity contribution in [2.24, 2.45) is 0 Å². The van der Waals surface area contributed by atoms with Crippen molar-refractivity contribution in [2.75, 3.05) is 0 Å². The number of hydrogen-bond acceptors (Lipinski definition) is 2. The zero-order valence-electron chi connectivity index (χ0n) is 27.0. The molecule has 50 heavy (non-hydrogen) atoms. The maximum Gasteiger partial charge on any atom is 0.235 e. The Morgan fingerprint density at radius 1 is 0.340 bits per heavy atom. The van der Waals surface area contributed by atoms with Crippen LogP contribution in [0.25, 0.3) is 99.0 Å². The van der Waals surface area contributed by atoms with E-state index in [0.717, 1.165) is 38.9 Å². The summed E-state index contributed by atoms with van der Waals surface area (Å²) in [6.07, 6.45) is 0. The molecular weight excluding hydrogens is 609 g/mol. The summed E-state index contributed by atoms with van der Waals surface area (Å²) in [6, 6.07) is 60.8. The highest BCUT2D eigenvalue weighted by Gasteiger charge is 2.20. The lowest BCUT2D eigenvalue weighted by molar-refractivity contribution is 1.01. The van der Waals surface area contributed by atoms with E-state index in [0.29, 0.717) is 5.95 Å². The van der Waals surface area contributed by atoms with Crippen molar-refractivity contribution in [2.45, 2.75) is 0 Å². The molecule has 0 radical (unpaired) electrons. The second-order valence-electron chi connectivity index (χ2n) is 13.1. The number of fused-ring (bicyclic) bond motifs is 9. The lowest BCUT2D eigenvalue weighted by Crippen LogP contribution is -2.04. The van der Waals surface area contributed by atoms with Gasteiger partial charge in [0, 0.05) is 38.2 Å². The number of hydrogen-bond donors (Lipinski definition) is 0. The van der Waals surface area contributed by atoms with E-state index in [9.17, 15) is 0 Å². The van der Waals surface area contributed by atoms with Gasteiger partial charge in [-0.1, -0.05) is 121 Å². The summed E-state index contributed by atoms with van der Waals surface area (Å²) >= 11 is 0. The van der Waals surface area contributed by atoms with Gasteiger partial charge in [-0.05, 0) is 70.1 Å². The first-order valence-corrected chi connectivity index (χ1v) is 17.0. The van der Waals surface area contributed by atoms with Crippen LogP contribution in [0.1, 0.15) is 0 Å². The van der Waals surface area contributed by atoms with Crippen LogP contribution in [0.4, 0.5) is 0 Å². The molecule has 0 aliphatic heterocycles. The van der Waals surface area contributed by atoms with E-state index < -0.39 is 0 Å². The average molecular weight is 637 g/mol. The maximum absolute atomic E-state index is 5.37. The highest BCUT2D eigenvalue weighted by Crippen LogP contribution is 2.39. The van der Waals surface area contributed by atoms with Crippen LogP contribution in [-0.4, -0.2) is 19.1 Å². The minimum atomic E-state index is 0.656. The fraction of sp³-hybridized carbons (Fsp3) is 0. The largest absolute Gasteiger partial charge is 0.309 e. The highest BCUT2D eigenvalue weighted by molar-refractivity contribution is 6.16. The Hall–Kier alpha value is -6.78. The normalized spacial score (nSPS) is 12.0. The van der Waals surface area contributed by atoms with Crippen molar-refractivity contribution < 1.29 is 0 Å². The summed E-state index contributed by atoms with van der Waals surface area (Å²) in [7, 11) is 0. The minimum Gasteiger partial charge on any atom is -0.309 e. The molecule has 3 heterocycles. The average Bonchev–Trinajstić information content (AvgIpc) is 3.67. The van der Waals surface area contributed by atoms with E-state index in [1.54, 1.807) is 0 Å². The van der Waals surface area contributed by atoms with Gasteiger partial charge in [-0.25, -0.2) is 9.97 Å². The highest BCUT2D eigenvalue weighted by atomic mass is 15.2. The van der Waals surface area contributed by atoms with Crippen molar-refractivity contribution in [1.82, 2.24) is 19.1 Å². The van der Waals surface area contributed by atoms with Crippen molar-refractivity contribution in [3.8, 4) is 22.9 Å². The lowest BCUT2D eigenvalue weighted by atomic mass is 10.1. The Bertz CT molecular complexity index is 3150. The molecule has 0 bridgehead atoms. The Morgan fingerprint density at radius 3 is 1.60 bits per heavy atom. The van der Waals surface area contributed by atoms with Gasteiger partial charge in [0.2, 0.25) is 5.95 Å². The minimum absolute atomic E-state index is 0.656. The van der Waals surface area contributed by atoms with Crippen molar-refractivity contribution in [3.05, 3.63) is 170 Å². The summed E-state index contributed by atoms with van der Waals surface area (Å²) in [6.45, 7) is 0. The first kappa shape index (κ1) is 27.2. The van der Waals surface area contributed by atoms with Crippen LogP contribution < -0.4 is 0 Å². The van der Waals surface area contributed by atoms with Crippen LogP contribution in [0.5, 0.6) is 0 Å². The lowest BCUT2D eigenvalue weighted by Gasteiger charge is -2.13. The van der Waals surface area contributed by atoms with Crippen molar-refractivity contribution in [3.63, 3.8) is 0 Å². The third kappa shape index (κ3) is 3.93. The molecular formula is C46H28N4. The monoisotopic (exact) mass is 636 g/mol. The molecule has 0 amide bonds. The molecule has 0 aliphatic carbocycles. The zero-order chi connectivity index (χ0) is 32.8. The van der Waals surface area contributed by atoms with Crippen LogP contribution in [0.2, 0.25) is 0 Å². The smallest absolute Gasteiger partial charge is 0.235 e. The number of benzene rings is 8. The van der Waals surface area contributed by atoms with Crippen LogP contribution in [0, 0.1) is 0 Å². The van der Waals surface area contributed by atoms with Gasteiger partial charge in [0.25, 0.3) is 0 Å². The van der Waals surface area contributed by atoms with Crippen LogP contribution in [0.15, 0.2) is 170 Å². The van der Waals surface area contributed by atoms with Crippen molar-refractivity contribution >= 4 is 76.1 Å². The molecule has 11 rings (SSSR count). The van der Waals surface area contributed by atoms with Crippen LogP contribution >= 0.6 is 0 Å². The van der Waals surface area contributed by atoms with Gasteiger partial charge in [0.1, 0.15) is 0 Å². The molecule has 0 spiro atoms. The topological polar surface area (TPSA) is 35.6 Å². The molecule has 232 valence electrons. The van der Waals surface area contributed by atoms with E-state index in [1.165, 1.54) is 54.1 Å². The molecule has 0 fully saturated rings. The first-order valence-electron chi connectivity index (χ1n) is 17.0. The fourth-order valence-electron chi connectivity index (χ4n) is 7.96. The van der Waals surface area contributed by atoms with Gasteiger partial charge in [-0.3, -0.25) is 4.57 Å². The third-order valence-electron chi connectivity index (χ3n) is 10.3. The van der Waals surface area contributed by atoms with Gasteiger partial charge < -0.3 is 4.57 Å². The van der Waals surface area contributed by atoms with Gasteiger partial charge in [-0.2, -0.15) is 0 Å². The number of para-hydroxylation sites is 2. The van der Waals surface area contributed by atoms with Gasteiger partial charge >= 0.3 is 0 Å². The summed E-state index contributed by atoms with van der Waals surface area (Å²) in [4.78, 5) is 10.6. The van der Waals surface area contributed by atoms with E-state index in [4.69, 9.17) is 9.97 Å². The standard InChI is InChI=1S/C46H28N4/c1-2-12-29(13-3-1)45-37-19-8-10-20-40(37)47-46(48-45)50-43-27-33-17-7-5-15-31(33)25-39(43)36-23-22-34(28-44(36)50)49-41-21-11-9-18-35(41)38-24-30-14-4-6-16-32(30)26-42(38)49/h1-28H. The molecule has 4 nitrogen and oxygen atoms in total. The van der Waals surface area contributed by atoms with E-state index in [2.05, 4.69) is 173 Å². The molecule has 0 atom stereocenters. The Kier molecular flexibility index (Phi) is 5.63. The summed E-state index contributed by atoms with van der Waals surface area (Å²) in [5.74, 6) is 0.656. The molecule has 0 N–H and O–H groups in total. The molecule has 0 saturated heterocycles. The molecule has 11 aromatic rings. The predicted octanol–water partition coefficient (Wildman–Crippen LogP) is 11.8. The summed E-state index contributed by atoms with van der Waals surface area (Å²) < 4.78 is 4.68. The number of rotatable bonds is 3. The number of nitrogens with zero attached hydrogens (tertiary/aromatic N) is 4. The molecule has 0 aliphatic rings. The first-order chi connectivity index (χ1) is 24.8. The molecule has 4 heteroatoms. The summed E-state index contributed by atoms with van der Waals surface area (Å²) in [5.41, 5.74) is 8.51. The third-order valence-corrected chi connectivity index (χ3v) is 10.3. The Balaban J connectivity index is 1.27. The van der Waals surface area contributed by atoms with Gasteiger partial charge in [0.15, 0.2) is 0 Å². The Labute approximate surface area is 287 Å². The predicted molar refractivity (Wildman–Crippen MR) is 209 cm³/mol. The summed E-state index contributed by atoms with van der Waals surface area (Å²) in [5, 5.41) is 10.7. The fourth-order valence-corrected chi connectivity index (χ4v) is 7.96. The van der Waals surface area contributed by atoms with E-state index >= 15 is 0 Å². The zero-order valence-corrected chi connectivity index (χ0v) is 27.0. The van der Waals surface area contributed by atoms with E-state index in [1.807, 2.05) is 6.07 Å².